The van der Waals surface area contributed by atoms with E-state index in [0.717, 1.165) is 68.5 Å². The SMILES string of the molecule is CC(C)n1cc(Nc2nc(NC3CCC(N4CCOCC4)CC3)c3c4c(sc3n2)COCC4)cn1. The molecule has 3 aromatic rings. The molecule has 0 bridgehead atoms. The molecule has 1 saturated heterocycles. The van der Waals surface area contributed by atoms with Crippen molar-refractivity contribution in [3.63, 3.8) is 0 Å². The summed E-state index contributed by atoms with van der Waals surface area (Å²) in [5.41, 5.74) is 2.26. The maximum atomic E-state index is 5.74. The molecule has 0 unspecified atom stereocenters. The fourth-order valence-corrected chi connectivity index (χ4v) is 6.68. The Kier molecular flexibility index (Phi) is 6.62. The van der Waals surface area contributed by atoms with E-state index in [1.807, 2.05) is 17.1 Å². The van der Waals surface area contributed by atoms with Crippen LogP contribution in [-0.2, 0) is 22.5 Å². The molecule has 0 radical (unpaired) electrons. The van der Waals surface area contributed by atoms with E-state index in [9.17, 15) is 0 Å². The number of hydrogen-bond donors (Lipinski definition) is 2. The summed E-state index contributed by atoms with van der Waals surface area (Å²) in [5, 5.41) is 12.9. The molecule has 2 aliphatic heterocycles. The fraction of sp³-hybridized carbons (Fsp3) is 0.640. The Morgan fingerprint density at radius 1 is 1.06 bits per heavy atom. The number of nitrogens with zero attached hydrogens (tertiary/aromatic N) is 5. The van der Waals surface area contributed by atoms with Gasteiger partial charge in [-0.2, -0.15) is 10.1 Å². The highest BCUT2D eigenvalue weighted by atomic mass is 32.1. The summed E-state index contributed by atoms with van der Waals surface area (Å²) >= 11 is 1.73. The van der Waals surface area contributed by atoms with Crippen LogP contribution in [0.15, 0.2) is 12.4 Å². The molecule has 0 spiro atoms. The van der Waals surface area contributed by atoms with Crippen LogP contribution in [0.4, 0.5) is 17.5 Å². The number of rotatable bonds is 6. The largest absolute Gasteiger partial charge is 0.379 e. The average molecular weight is 498 g/mol. The van der Waals surface area contributed by atoms with Gasteiger partial charge in [-0.15, -0.1) is 11.3 Å². The number of anilines is 3. The lowest BCUT2D eigenvalue weighted by molar-refractivity contribution is 0.00791. The summed E-state index contributed by atoms with van der Waals surface area (Å²) < 4.78 is 13.2. The molecule has 3 aromatic heterocycles. The van der Waals surface area contributed by atoms with Gasteiger partial charge in [0.05, 0.1) is 43.7 Å². The summed E-state index contributed by atoms with van der Waals surface area (Å²) in [6.07, 6.45) is 9.53. The number of fused-ring (bicyclic) bond motifs is 3. The number of aromatic nitrogens is 4. The minimum absolute atomic E-state index is 0.308. The molecule has 35 heavy (non-hydrogen) atoms. The van der Waals surface area contributed by atoms with Crippen molar-refractivity contribution >= 4 is 39.0 Å². The van der Waals surface area contributed by atoms with Gasteiger partial charge >= 0.3 is 0 Å². The third-order valence-electron chi connectivity index (χ3n) is 7.45. The first-order valence-corrected chi connectivity index (χ1v) is 13.7. The summed E-state index contributed by atoms with van der Waals surface area (Å²) in [4.78, 5) is 14.8. The second-order valence-electron chi connectivity index (χ2n) is 10.1. The monoisotopic (exact) mass is 497 g/mol. The van der Waals surface area contributed by atoms with Crippen LogP contribution >= 0.6 is 11.3 Å². The van der Waals surface area contributed by atoms with Crippen molar-refractivity contribution in [3.05, 3.63) is 22.8 Å². The highest BCUT2D eigenvalue weighted by molar-refractivity contribution is 7.19. The molecule has 2 fully saturated rings. The van der Waals surface area contributed by atoms with Crippen LogP contribution < -0.4 is 10.6 Å². The minimum atomic E-state index is 0.308. The van der Waals surface area contributed by atoms with E-state index >= 15 is 0 Å². The van der Waals surface area contributed by atoms with Crippen LogP contribution in [-0.4, -0.2) is 69.6 Å². The van der Waals surface area contributed by atoms with Crippen molar-refractivity contribution in [1.82, 2.24) is 24.6 Å². The molecule has 1 saturated carbocycles. The van der Waals surface area contributed by atoms with Gasteiger partial charge in [0.25, 0.3) is 0 Å². The van der Waals surface area contributed by atoms with Gasteiger partial charge in [-0.25, -0.2) is 4.98 Å². The lowest BCUT2D eigenvalue weighted by atomic mass is 9.90. The van der Waals surface area contributed by atoms with Gasteiger partial charge in [-0.1, -0.05) is 0 Å². The molecule has 0 atom stereocenters. The third kappa shape index (κ3) is 4.89. The standard InChI is InChI=1S/C25H35N7O2S/c1-16(2)32-14-18(13-26-32)28-25-29-23(22-20-7-10-34-15-21(20)35-24(22)30-25)27-17-3-5-19(6-4-17)31-8-11-33-12-9-31/h13-14,16-17,19H,3-12,15H2,1-2H3,(H2,27,28,29,30). The zero-order chi connectivity index (χ0) is 23.8. The average Bonchev–Trinajstić information content (AvgIpc) is 3.50. The number of thiophene rings is 1. The summed E-state index contributed by atoms with van der Waals surface area (Å²) in [6, 6.07) is 1.42. The van der Waals surface area contributed by atoms with E-state index in [2.05, 4.69) is 34.5 Å². The van der Waals surface area contributed by atoms with E-state index in [-0.39, 0.29) is 0 Å². The van der Waals surface area contributed by atoms with Crippen molar-refractivity contribution in [2.45, 2.75) is 70.7 Å². The van der Waals surface area contributed by atoms with Crippen LogP contribution in [0.1, 0.15) is 56.0 Å². The Morgan fingerprint density at radius 2 is 1.89 bits per heavy atom. The number of nitrogens with one attached hydrogen (secondary N) is 2. The fourth-order valence-electron chi connectivity index (χ4n) is 5.52. The predicted molar refractivity (Wildman–Crippen MR) is 139 cm³/mol. The third-order valence-corrected chi connectivity index (χ3v) is 8.55. The van der Waals surface area contributed by atoms with E-state index in [4.69, 9.17) is 19.4 Å². The maximum absolute atomic E-state index is 5.74. The van der Waals surface area contributed by atoms with Crippen molar-refractivity contribution in [3.8, 4) is 0 Å². The Morgan fingerprint density at radius 3 is 2.66 bits per heavy atom. The molecular weight excluding hydrogens is 462 g/mol. The van der Waals surface area contributed by atoms with Crippen LogP contribution in [0.25, 0.3) is 10.2 Å². The first-order chi connectivity index (χ1) is 17.1. The van der Waals surface area contributed by atoms with Gasteiger partial charge in [0.1, 0.15) is 10.6 Å². The smallest absolute Gasteiger partial charge is 0.230 e. The number of morpholine rings is 1. The lowest BCUT2D eigenvalue weighted by Gasteiger charge is -2.39. The van der Waals surface area contributed by atoms with Crippen LogP contribution in [0.5, 0.6) is 0 Å². The Bertz CT molecular complexity index is 1160. The molecule has 3 aliphatic rings. The first-order valence-electron chi connectivity index (χ1n) is 12.9. The number of hydrogen-bond acceptors (Lipinski definition) is 9. The topological polar surface area (TPSA) is 89.4 Å². The molecule has 188 valence electrons. The highest BCUT2D eigenvalue weighted by Gasteiger charge is 2.28. The quantitative estimate of drug-likeness (QED) is 0.520. The molecule has 2 N–H and O–H groups in total. The number of ether oxygens (including phenoxy) is 2. The van der Waals surface area contributed by atoms with E-state index in [1.54, 1.807) is 11.3 Å². The second-order valence-corrected chi connectivity index (χ2v) is 11.2. The van der Waals surface area contributed by atoms with Crippen molar-refractivity contribution in [2.24, 2.45) is 0 Å². The van der Waals surface area contributed by atoms with Crippen molar-refractivity contribution in [1.29, 1.82) is 0 Å². The Balaban J connectivity index is 1.24. The molecule has 6 rings (SSSR count). The predicted octanol–water partition coefficient (Wildman–Crippen LogP) is 4.34. The van der Waals surface area contributed by atoms with Gasteiger partial charge < -0.3 is 20.1 Å². The van der Waals surface area contributed by atoms with Crippen LogP contribution in [0.2, 0.25) is 0 Å². The van der Waals surface area contributed by atoms with Crippen molar-refractivity contribution < 1.29 is 9.47 Å². The van der Waals surface area contributed by atoms with Gasteiger partial charge in [-0.3, -0.25) is 9.58 Å². The normalized spacial score (nSPS) is 23.5. The van der Waals surface area contributed by atoms with Gasteiger partial charge in [0.2, 0.25) is 5.95 Å². The zero-order valence-corrected chi connectivity index (χ0v) is 21.4. The molecule has 5 heterocycles. The van der Waals surface area contributed by atoms with Crippen LogP contribution in [0.3, 0.4) is 0 Å². The van der Waals surface area contributed by atoms with E-state index < -0.39 is 0 Å². The maximum Gasteiger partial charge on any atom is 0.230 e. The van der Waals surface area contributed by atoms with E-state index in [1.165, 1.54) is 28.7 Å². The van der Waals surface area contributed by atoms with Gasteiger partial charge in [0, 0.05) is 42.3 Å². The molecule has 9 nitrogen and oxygen atoms in total. The van der Waals surface area contributed by atoms with E-state index in [0.29, 0.717) is 30.7 Å². The van der Waals surface area contributed by atoms with Gasteiger partial charge in [0.15, 0.2) is 0 Å². The Labute approximate surface area is 210 Å². The summed E-state index contributed by atoms with van der Waals surface area (Å²) in [7, 11) is 0. The van der Waals surface area contributed by atoms with Crippen LogP contribution in [0, 0.1) is 0 Å². The lowest BCUT2D eigenvalue weighted by Crippen LogP contribution is -2.46. The first kappa shape index (κ1) is 23.1. The summed E-state index contributed by atoms with van der Waals surface area (Å²) in [6.45, 7) is 9.55. The van der Waals surface area contributed by atoms with Gasteiger partial charge in [-0.05, 0) is 51.5 Å². The zero-order valence-electron chi connectivity index (χ0n) is 20.6. The molecule has 1 aliphatic carbocycles. The molecular formula is C25H35N7O2S. The minimum Gasteiger partial charge on any atom is -0.379 e. The second kappa shape index (κ2) is 10.0. The summed E-state index contributed by atoms with van der Waals surface area (Å²) in [5.74, 6) is 1.58. The molecule has 0 amide bonds. The molecule has 10 heteroatoms. The highest BCUT2D eigenvalue weighted by Crippen LogP contribution is 2.39. The molecule has 0 aromatic carbocycles. The Hall–Kier alpha value is -2.27. The van der Waals surface area contributed by atoms with Crippen molar-refractivity contribution in [2.75, 3.05) is 43.5 Å².